The molecule has 0 aliphatic carbocycles. The summed E-state index contributed by atoms with van der Waals surface area (Å²) < 4.78 is 27.0. The van der Waals surface area contributed by atoms with E-state index in [1.165, 1.54) is 24.3 Å². The van der Waals surface area contributed by atoms with Crippen LogP contribution in [0.2, 0.25) is 0 Å². The maximum absolute atomic E-state index is 12.2. The van der Waals surface area contributed by atoms with E-state index in [2.05, 4.69) is 10.0 Å². The second-order valence-corrected chi connectivity index (χ2v) is 7.90. The van der Waals surface area contributed by atoms with Gasteiger partial charge in [-0.2, -0.15) is 0 Å². The zero-order valence-corrected chi connectivity index (χ0v) is 15.8. The maximum Gasteiger partial charge on any atom is 0.251 e. The van der Waals surface area contributed by atoms with Crippen LogP contribution in [-0.4, -0.2) is 26.9 Å². The fourth-order valence-corrected chi connectivity index (χ4v) is 3.65. The zero-order valence-electron chi connectivity index (χ0n) is 15.0. The van der Waals surface area contributed by atoms with Crippen LogP contribution in [-0.2, 0) is 10.0 Å². The molecule has 0 radical (unpaired) electrons. The molecular weight excluding hydrogens is 350 g/mol. The van der Waals surface area contributed by atoms with Crippen LogP contribution >= 0.6 is 0 Å². The predicted molar refractivity (Wildman–Crippen MR) is 102 cm³/mol. The monoisotopic (exact) mass is 375 g/mol. The Morgan fingerprint density at radius 1 is 1.08 bits per heavy atom. The van der Waals surface area contributed by atoms with Crippen LogP contribution in [0.15, 0.2) is 59.5 Å². The summed E-state index contributed by atoms with van der Waals surface area (Å²) in [4.78, 5) is 12.4. The molecule has 4 N–H and O–H groups in total. The molecule has 2 aromatic carbocycles. The van der Waals surface area contributed by atoms with E-state index in [1.807, 2.05) is 37.3 Å². The van der Waals surface area contributed by atoms with Crippen molar-refractivity contribution in [2.45, 2.75) is 37.2 Å². The molecular formula is C19H25N3O3S. The van der Waals surface area contributed by atoms with Gasteiger partial charge in [-0.25, -0.2) is 13.1 Å². The molecule has 0 aliphatic heterocycles. The Morgan fingerprint density at radius 2 is 1.69 bits per heavy atom. The molecule has 2 rings (SSSR count). The Hall–Kier alpha value is -2.22. The van der Waals surface area contributed by atoms with Crippen LogP contribution in [0.25, 0.3) is 0 Å². The summed E-state index contributed by atoms with van der Waals surface area (Å²) in [5.74, 6) is -0.296. The van der Waals surface area contributed by atoms with Crippen LogP contribution in [0, 0.1) is 0 Å². The summed E-state index contributed by atoms with van der Waals surface area (Å²) in [6, 6.07) is 14.9. The summed E-state index contributed by atoms with van der Waals surface area (Å²) in [6.07, 6.45) is 0.696. The summed E-state index contributed by atoms with van der Waals surface area (Å²) in [6.45, 7) is 3.99. The molecule has 140 valence electrons. The predicted octanol–water partition coefficient (Wildman–Crippen LogP) is 2.19. The highest BCUT2D eigenvalue weighted by Crippen LogP contribution is 2.12. The first-order valence-corrected chi connectivity index (χ1v) is 10.0. The van der Waals surface area contributed by atoms with E-state index < -0.39 is 10.0 Å². The zero-order chi connectivity index (χ0) is 19.2. The van der Waals surface area contributed by atoms with E-state index >= 15 is 0 Å². The maximum atomic E-state index is 12.2. The third-order valence-corrected chi connectivity index (χ3v) is 5.71. The Labute approximate surface area is 154 Å². The largest absolute Gasteiger partial charge is 0.350 e. The number of nitrogens with one attached hydrogen (secondary N) is 2. The van der Waals surface area contributed by atoms with Gasteiger partial charge in [-0.05, 0) is 43.2 Å². The molecule has 0 spiro atoms. The van der Waals surface area contributed by atoms with Crippen molar-refractivity contribution in [1.82, 2.24) is 10.0 Å². The molecule has 2 unspecified atom stereocenters. The van der Waals surface area contributed by atoms with Gasteiger partial charge in [0, 0.05) is 24.2 Å². The van der Waals surface area contributed by atoms with E-state index in [0.29, 0.717) is 18.5 Å². The highest BCUT2D eigenvalue weighted by atomic mass is 32.2. The van der Waals surface area contributed by atoms with Gasteiger partial charge in [0.05, 0.1) is 4.90 Å². The van der Waals surface area contributed by atoms with Crippen molar-refractivity contribution in [1.29, 1.82) is 0 Å². The van der Waals surface area contributed by atoms with Crippen molar-refractivity contribution in [3.05, 3.63) is 65.7 Å². The number of rotatable bonds is 8. The van der Waals surface area contributed by atoms with E-state index in [1.54, 1.807) is 6.92 Å². The quantitative estimate of drug-likeness (QED) is 0.658. The third-order valence-electron chi connectivity index (χ3n) is 4.11. The molecule has 2 aromatic rings. The lowest BCUT2D eigenvalue weighted by atomic mass is 10.1. The van der Waals surface area contributed by atoms with Gasteiger partial charge in [0.15, 0.2) is 0 Å². The summed E-state index contributed by atoms with van der Waals surface area (Å²) in [5.41, 5.74) is 7.38. The average Bonchev–Trinajstić information content (AvgIpc) is 2.66. The van der Waals surface area contributed by atoms with Crippen LogP contribution < -0.4 is 15.8 Å². The molecule has 0 saturated carbocycles. The molecule has 7 heteroatoms. The molecule has 6 nitrogen and oxygen atoms in total. The van der Waals surface area contributed by atoms with Gasteiger partial charge in [0.1, 0.15) is 0 Å². The normalized spacial score (nSPS) is 13.8. The standard InChI is InChI=1S/C19H25N3O3S/c1-3-14(2)22-26(24,25)17-11-9-16(10-12-17)19(23)21-13-18(20)15-7-5-4-6-8-15/h4-12,14,18,22H,3,13,20H2,1-2H3,(H,21,23). The fraction of sp³-hybridized carbons (Fsp3) is 0.316. The van der Waals surface area contributed by atoms with Crippen molar-refractivity contribution >= 4 is 15.9 Å². The molecule has 1 amide bonds. The molecule has 0 fully saturated rings. The summed E-state index contributed by atoms with van der Waals surface area (Å²) >= 11 is 0. The smallest absolute Gasteiger partial charge is 0.251 e. The summed E-state index contributed by atoms with van der Waals surface area (Å²) in [7, 11) is -3.58. The van der Waals surface area contributed by atoms with Crippen LogP contribution in [0.5, 0.6) is 0 Å². The lowest BCUT2D eigenvalue weighted by Gasteiger charge is -2.14. The van der Waals surface area contributed by atoms with E-state index in [0.717, 1.165) is 5.56 Å². The Kier molecular flexibility index (Phi) is 6.90. The molecule has 0 heterocycles. The van der Waals surface area contributed by atoms with Crippen molar-refractivity contribution in [3.8, 4) is 0 Å². The van der Waals surface area contributed by atoms with E-state index in [4.69, 9.17) is 5.73 Å². The molecule has 0 saturated heterocycles. The second kappa shape index (κ2) is 8.93. The number of benzene rings is 2. The third kappa shape index (κ3) is 5.39. The Morgan fingerprint density at radius 3 is 2.27 bits per heavy atom. The first kappa shape index (κ1) is 20.1. The minimum absolute atomic E-state index is 0.135. The minimum Gasteiger partial charge on any atom is -0.350 e. The average molecular weight is 375 g/mol. The molecule has 0 bridgehead atoms. The van der Waals surface area contributed by atoms with Crippen molar-refractivity contribution < 1.29 is 13.2 Å². The van der Waals surface area contributed by atoms with Crippen molar-refractivity contribution in [3.63, 3.8) is 0 Å². The lowest BCUT2D eigenvalue weighted by Crippen LogP contribution is -2.32. The van der Waals surface area contributed by atoms with Gasteiger partial charge in [-0.15, -0.1) is 0 Å². The highest BCUT2D eigenvalue weighted by molar-refractivity contribution is 7.89. The van der Waals surface area contributed by atoms with E-state index in [-0.39, 0.29) is 22.9 Å². The number of hydrogen-bond donors (Lipinski definition) is 3. The van der Waals surface area contributed by atoms with Crippen LogP contribution in [0.4, 0.5) is 0 Å². The first-order valence-electron chi connectivity index (χ1n) is 8.54. The SMILES string of the molecule is CCC(C)NS(=O)(=O)c1ccc(C(=O)NCC(N)c2ccccc2)cc1. The van der Waals surface area contributed by atoms with Gasteiger partial charge >= 0.3 is 0 Å². The van der Waals surface area contributed by atoms with Gasteiger partial charge in [-0.1, -0.05) is 37.3 Å². The van der Waals surface area contributed by atoms with Gasteiger partial charge < -0.3 is 11.1 Å². The number of carbonyl (C=O) groups is 1. The first-order chi connectivity index (χ1) is 12.3. The van der Waals surface area contributed by atoms with Crippen molar-refractivity contribution in [2.24, 2.45) is 5.73 Å². The molecule has 26 heavy (non-hydrogen) atoms. The van der Waals surface area contributed by atoms with Crippen LogP contribution in [0.1, 0.15) is 42.2 Å². The lowest BCUT2D eigenvalue weighted by molar-refractivity contribution is 0.0951. The van der Waals surface area contributed by atoms with Gasteiger partial charge in [-0.3, -0.25) is 4.79 Å². The fourth-order valence-electron chi connectivity index (χ4n) is 2.32. The molecule has 2 atom stereocenters. The van der Waals surface area contributed by atoms with Crippen molar-refractivity contribution in [2.75, 3.05) is 6.54 Å². The number of sulfonamides is 1. The molecule has 0 aromatic heterocycles. The highest BCUT2D eigenvalue weighted by Gasteiger charge is 2.17. The molecule has 0 aliphatic rings. The number of carbonyl (C=O) groups excluding carboxylic acids is 1. The summed E-state index contributed by atoms with van der Waals surface area (Å²) in [5, 5.41) is 2.77. The number of amides is 1. The van der Waals surface area contributed by atoms with Crippen LogP contribution in [0.3, 0.4) is 0 Å². The second-order valence-electron chi connectivity index (χ2n) is 6.18. The van der Waals surface area contributed by atoms with E-state index in [9.17, 15) is 13.2 Å². The Bertz CT molecular complexity index is 821. The topological polar surface area (TPSA) is 101 Å². The van der Waals surface area contributed by atoms with Gasteiger partial charge in [0.2, 0.25) is 10.0 Å². The Balaban J connectivity index is 1.98. The number of hydrogen-bond acceptors (Lipinski definition) is 4. The van der Waals surface area contributed by atoms with Gasteiger partial charge in [0.25, 0.3) is 5.91 Å². The number of nitrogens with two attached hydrogens (primary N) is 1. The minimum atomic E-state index is -3.58.